The second-order valence-corrected chi connectivity index (χ2v) is 5.25. The number of carbonyl (C=O) groups is 1. The molecule has 7 nitrogen and oxygen atoms in total. The molecular weight excluding hydrogens is 280 g/mol. The lowest BCUT2D eigenvalue weighted by Gasteiger charge is -2.16. The topological polar surface area (TPSA) is 83.9 Å². The molecule has 0 radical (unpaired) electrons. The fraction of sp³-hybridized carbons (Fsp3) is 0.400. The van der Waals surface area contributed by atoms with Crippen molar-refractivity contribution >= 4 is 11.7 Å². The average molecular weight is 298 g/mol. The Labute approximate surface area is 128 Å². The maximum Gasteiger partial charge on any atom is 0.271 e. The van der Waals surface area contributed by atoms with Crippen molar-refractivity contribution in [1.29, 1.82) is 0 Å². The van der Waals surface area contributed by atoms with Gasteiger partial charge in [-0.15, -0.1) is 0 Å². The summed E-state index contributed by atoms with van der Waals surface area (Å²) >= 11 is 0. The predicted octanol–water partition coefficient (Wildman–Crippen LogP) is 1.11. The second-order valence-electron chi connectivity index (χ2n) is 5.25. The van der Waals surface area contributed by atoms with Crippen LogP contribution in [-0.2, 0) is 6.54 Å². The number of anilines is 1. The van der Waals surface area contributed by atoms with Gasteiger partial charge < -0.3 is 10.2 Å². The summed E-state index contributed by atoms with van der Waals surface area (Å²) in [5, 5.41) is 2.77. The maximum atomic E-state index is 12.0. The molecule has 2 aromatic rings. The SMILES string of the molecule is Cc1cnc(C(=O)NCc2nccc(N3CCCC3)n2)cn1. The minimum atomic E-state index is -0.275. The van der Waals surface area contributed by atoms with Crippen LogP contribution in [0.3, 0.4) is 0 Å². The summed E-state index contributed by atoms with van der Waals surface area (Å²) in [4.78, 5) is 31.0. The summed E-state index contributed by atoms with van der Waals surface area (Å²) < 4.78 is 0. The van der Waals surface area contributed by atoms with Crippen molar-refractivity contribution < 1.29 is 4.79 Å². The summed E-state index contributed by atoms with van der Waals surface area (Å²) in [5.74, 6) is 1.24. The zero-order chi connectivity index (χ0) is 15.4. The second kappa shape index (κ2) is 6.46. The third-order valence-corrected chi connectivity index (χ3v) is 3.54. The van der Waals surface area contributed by atoms with Gasteiger partial charge in [0.1, 0.15) is 17.3 Å². The van der Waals surface area contributed by atoms with Crippen molar-refractivity contribution in [1.82, 2.24) is 25.3 Å². The van der Waals surface area contributed by atoms with Gasteiger partial charge in [-0.2, -0.15) is 0 Å². The Morgan fingerprint density at radius 1 is 1.23 bits per heavy atom. The van der Waals surface area contributed by atoms with Crippen LogP contribution in [-0.4, -0.2) is 38.9 Å². The molecule has 2 aromatic heterocycles. The van der Waals surface area contributed by atoms with Crippen LogP contribution in [0.15, 0.2) is 24.7 Å². The fourth-order valence-electron chi connectivity index (χ4n) is 2.36. The van der Waals surface area contributed by atoms with Gasteiger partial charge in [-0.25, -0.2) is 15.0 Å². The van der Waals surface area contributed by atoms with Gasteiger partial charge in [-0.05, 0) is 25.8 Å². The third kappa shape index (κ3) is 3.36. The highest BCUT2D eigenvalue weighted by molar-refractivity contribution is 5.91. The smallest absolute Gasteiger partial charge is 0.271 e. The molecular formula is C15H18N6O. The molecule has 0 saturated carbocycles. The number of hydrogen-bond acceptors (Lipinski definition) is 6. The molecule has 0 aromatic carbocycles. The molecule has 1 aliphatic rings. The van der Waals surface area contributed by atoms with Crippen molar-refractivity contribution in [2.75, 3.05) is 18.0 Å². The molecule has 1 N–H and O–H groups in total. The summed E-state index contributed by atoms with van der Waals surface area (Å²) in [6.45, 7) is 4.16. The number of carbonyl (C=O) groups excluding carboxylic acids is 1. The van der Waals surface area contributed by atoms with Gasteiger partial charge in [0, 0.05) is 25.5 Å². The van der Waals surface area contributed by atoms with Crippen LogP contribution in [0.1, 0.15) is 34.8 Å². The van der Waals surface area contributed by atoms with Crippen molar-refractivity contribution in [3.63, 3.8) is 0 Å². The number of aromatic nitrogens is 4. The maximum absolute atomic E-state index is 12.0. The molecule has 0 atom stereocenters. The van der Waals surface area contributed by atoms with E-state index < -0.39 is 0 Å². The molecule has 0 unspecified atom stereocenters. The first-order chi connectivity index (χ1) is 10.7. The minimum Gasteiger partial charge on any atom is -0.357 e. The molecule has 7 heteroatoms. The van der Waals surface area contributed by atoms with Crippen molar-refractivity contribution in [3.8, 4) is 0 Å². The highest BCUT2D eigenvalue weighted by atomic mass is 16.1. The molecule has 1 saturated heterocycles. The lowest BCUT2D eigenvalue weighted by molar-refractivity contribution is 0.0944. The van der Waals surface area contributed by atoms with E-state index in [1.54, 1.807) is 12.4 Å². The van der Waals surface area contributed by atoms with Crippen molar-refractivity contribution in [2.24, 2.45) is 0 Å². The van der Waals surface area contributed by atoms with E-state index in [1.807, 2.05) is 13.0 Å². The highest BCUT2D eigenvalue weighted by Gasteiger charge is 2.14. The summed E-state index contributed by atoms with van der Waals surface area (Å²) in [7, 11) is 0. The quantitative estimate of drug-likeness (QED) is 0.910. The van der Waals surface area contributed by atoms with Gasteiger partial charge in [0.05, 0.1) is 18.4 Å². The van der Waals surface area contributed by atoms with Crippen LogP contribution in [0.5, 0.6) is 0 Å². The first-order valence-corrected chi connectivity index (χ1v) is 7.36. The Hall–Kier alpha value is -2.57. The molecule has 0 spiro atoms. The summed E-state index contributed by atoms with van der Waals surface area (Å²) in [6.07, 6.45) is 7.16. The first kappa shape index (κ1) is 14.4. The minimum absolute atomic E-state index is 0.274. The molecule has 22 heavy (non-hydrogen) atoms. The van der Waals surface area contributed by atoms with Crippen LogP contribution >= 0.6 is 0 Å². The third-order valence-electron chi connectivity index (χ3n) is 3.54. The van der Waals surface area contributed by atoms with E-state index in [1.165, 1.54) is 19.0 Å². The van der Waals surface area contributed by atoms with Crippen LogP contribution in [0.2, 0.25) is 0 Å². The molecule has 114 valence electrons. The molecule has 3 rings (SSSR count). The summed E-state index contributed by atoms with van der Waals surface area (Å²) in [5.41, 5.74) is 1.07. The van der Waals surface area contributed by atoms with E-state index in [0.29, 0.717) is 11.5 Å². The Bertz CT molecular complexity index is 651. The number of nitrogens with one attached hydrogen (secondary N) is 1. The van der Waals surface area contributed by atoms with E-state index >= 15 is 0 Å². The zero-order valence-electron chi connectivity index (χ0n) is 12.5. The molecule has 1 aliphatic heterocycles. The molecule has 1 fully saturated rings. The lowest BCUT2D eigenvalue weighted by Crippen LogP contribution is -2.26. The lowest BCUT2D eigenvalue weighted by atomic mass is 10.4. The van der Waals surface area contributed by atoms with E-state index in [2.05, 4.69) is 30.2 Å². The van der Waals surface area contributed by atoms with Crippen LogP contribution in [0, 0.1) is 6.92 Å². The van der Waals surface area contributed by atoms with E-state index in [-0.39, 0.29) is 12.5 Å². The molecule has 1 amide bonds. The number of amides is 1. The van der Waals surface area contributed by atoms with E-state index in [4.69, 9.17) is 0 Å². The zero-order valence-corrected chi connectivity index (χ0v) is 12.5. The van der Waals surface area contributed by atoms with E-state index in [9.17, 15) is 4.79 Å². The van der Waals surface area contributed by atoms with Crippen LogP contribution in [0.4, 0.5) is 5.82 Å². The monoisotopic (exact) mass is 298 g/mol. The summed E-state index contributed by atoms with van der Waals surface area (Å²) in [6, 6.07) is 1.90. The number of hydrogen-bond donors (Lipinski definition) is 1. The van der Waals surface area contributed by atoms with Crippen molar-refractivity contribution in [2.45, 2.75) is 26.3 Å². The molecule has 3 heterocycles. The molecule has 0 aliphatic carbocycles. The standard InChI is InChI=1S/C15H18N6O/c1-11-8-18-12(9-17-11)15(22)19-10-13-16-5-4-14(20-13)21-6-2-3-7-21/h4-5,8-9H,2-3,6-7,10H2,1H3,(H,19,22). The van der Waals surface area contributed by atoms with Gasteiger partial charge in [-0.1, -0.05) is 0 Å². The van der Waals surface area contributed by atoms with Crippen LogP contribution in [0.25, 0.3) is 0 Å². The van der Waals surface area contributed by atoms with Crippen LogP contribution < -0.4 is 10.2 Å². The Kier molecular flexibility index (Phi) is 4.22. The Balaban J connectivity index is 1.62. The molecule has 0 bridgehead atoms. The van der Waals surface area contributed by atoms with Crippen molar-refractivity contribution in [3.05, 3.63) is 41.9 Å². The largest absolute Gasteiger partial charge is 0.357 e. The Morgan fingerprint density at radius 2 is 2.05 bits per heavy atom. The van der Waals surface area contributed by atoms with Gasteiger partial charge in [-0.3, -0.25) is 9.78 Å². The fourth-order valence-corrected chi connectivity index (χ4v) is 2.36. The highest BCUT2D eigenvalue weighted by Crippen LogP contribution is 2.16. The van der Waals surface area contributed by atoms with Gasteiger partial charge in [0.2, 0.25) is 0 Å². The first-order valence-electron chi connectivity index (χ1n) is 7.36. The number of aryl methyl sites for hydroxylation is 1. The van der Waals surface area contributed by atoms with Gasteiger partial charge >= 0.3 is 0 Å². The Morgan fingerprint density at radius 3 is 2.77 bits per heavy atom. The van der Waals surface area contributed by atoms with Gasteiger partial charge in [0.25, 0.3) is 5.91 Å². The predicted molar refractivity (Wildman–Crippen MR) is 81.4 cm³/mol. The van der Waals surface area contributed by atoms with Gasteiger partial charge in [0.15, 0.2) is 0 Å². The van der Waals surface area contributed by atoms with E-state index in [0.717, 1.165) is 24.6 Å². The normalized spacial score (nSPS) is 14.1. The number of rotatable bonds is 4. The number of nitrogens with zero attached hydrogens (tertiary/aromatic N) is 5. The average Bonchev–Trinajstić information content (AvgIpc) is 3.08.